The highest BCUT2D eigenvalue weighted by Gasteiger charge is 2.03. The van der Waals surface area contributed by atoms with Crippen LogP contribution in [-0.4, -0.2) is 13.3 Å². The largest absolute Gasteiger partial charge is 0.467 e. The molecule has 0 saturated carbocycles. The molecule has 1 aromatic carbocycles. The van der Waals surface area contributed by atoms with Crippen molar-refractivity contribution in [2.45, 2.75) is 0 Å². The minimum absolute atomic E-state index is 0.632. The fraction of sp³-hybridized carbons (Fsp3) is 0.222. The van der Waals surface area contributed by atoms with Crippen molar-refractivity contribution in [1.82, 2.24) is 0 Å². The molecule has 4 heteroatoms. The molecule has 0 unspecified atom stereocenters. The van der Waals surface area contributed by atoms with Crippen molar-refractivity contribution < 1.29 is 4.52 Å². The van der Waals surface area contributed by atoms with Gasteiger partial charge in [0.1, 0.15) is 12.0 Å². The van der Waals surface area contributed by atoms with E-state index in [-0.39, 0.29) is 0 Å². The summed E-state index contributed by atoms with van der Waals surface area (Å²) < 4.78 is 5.52. The Kier molecular flexibility index (Phi) is 3.08. The van der Waals surface area contributed by atoms with Crippen LogP contribution in [0.1, 0.15) is 5.56 Å². The molecule has 0 radical (unpaired) electrons. The van der Waals surface area contributed by atoms with Crippen LogP contribution in [0.5, 0.6) is 5.75 Å². The normalized spacial score (nSPS) is 10.5. The van der Waals surface area contributed by atoms with E-state index in [9.17, 15) is 0 Å². The molecule has 0 atom stereocenters. The summed E-state index contributed by atoms with van der Waals surface area (Å²) in [5.74, 6) is 0.743. The highest BCUT2D eigenvalue weighted by Crippen LogP contribution is 2.38. The standard InChI is InChI=1S/C9H10NOPS/c1-12(2,13)11-9-5-3-8(7-10)4-6-9/h3-6H,1-2H3. The monoisotopic (exact) mass is 211 g/mol. The van der Waals surface area contributed by atoms with Gasteiger partial charge < -0.3 is 4.52 Å². The maximum absolute atomic E-state index is 8.56. The fourth-order valence-electron chi connectivity index (χ4n) is 0.844. The summed E-state index contributed by atoms with van der Waals surface area (Å²) in [6.07, 6.45) is -1.66. The minimum Gasteiger partial charge on any atom is -0.467 e. The molecule has 0 aromatic heterocycles. The average Bonchev–Trinajstić information content (AvgIpc) is 2.03. The smallest absolute Gasteiger partial charge is 0.124 e. The third-order valence-electron chi connectivity index (χ3n) is 1.31. The van der Waals surface area contributed by atoms with Crippen LogP contribution in [0.3, 0.4) is 0 Å². The Hall–Kier alpha value is -0.840. The number of nitriles is 1. The molecule has 13 heavy (non-hydrogen) atoms. The van der Waals surface area contributed by atoms with Gasteiger partial charge in [-0.15, -0.1) is 0 Å². The van der Waals surface area contributed by atoms with Crippen molar-refractivity contribution in [2.24, 2.45) is 0 Å². The van der Waals surface area contributed by atoms with E-state index < -0.39 is 6.26 Å². The molecule has 0 N–H and O–H groups in total. The lowest BCUT2D eigenvalue weighted by atomic mass is 10.2. The van der Waals surface area contributed by atoms with E-state index in [4.69, 9.17) is 21.6 Å². The van der Waals surface area contributed by atoms with Crippen molar-refractivity contribution >= 4 is 18.1 Å². The Labute approximate surface area is 83.2 Å². The number of hydrogen-bond acceptors (Lipinski definition) is 3. The lowest BCUT2D eigenvalue weighted by Gasteiger charge is -2.12. The third-order valence-corrected chi connectivity index (χ3v) is 2.18. The van der Waals surface area contributed by atoms with E-state index in [1.54, 1.807) is 24.3 Å². The molecular weight excluding hydrogens is 201 g/mol. The Morgan fingerprint density at radius 1 is 1.31 bits per heavy atom. The molecule has 0 amide bonds. The Bertz CT molecular complexity index is 374. The van der Waals surface area contributed by atoms with Gasteiger partial charge in [-0.05, 0) is 37.6 Å². The fourth-order valence-corrected chi connectivity index (χ4v) is 1.73. The zero-order valence-corrected chi connectivity index (χ0v) is 9.23. The van der Waals surface area contributed by atoms with Gasteiger partial charge in [-0.25, -0.2) is 0 Å². The van der Waals surface area contributed by atoms with Crippen molar-refractivity contribution in [2.75, 3.05) is 13.3 Å². The first-order chi connectivity index (χ1) is 6.01. The van der Waals surface area contributed by atoms with Gasteiger partial charge in [0.2, 0.25) is 0 Å². The molecule has 1 aromatic rings. The summed E-state index contributed by atoms with van der Waals surface area (Å²) in [6, 6.07) is 9.03. The van der Waals surface area contributed by atoms with Crippen LogP contribution in [0.25, 0.3) is 0 Å². The van der Waals surface area contributed by atoms with Crippen LogP contribution < -0.4 is 4.52 Å². The molecule has 68 valence electrons. The van der Waals surface area contributed by atoms with E-state index in [0.717, 1.165) is 5.75 Å². The van der Waals surface area contributed by atoms with Crippen molar-refractivity contribution in [1.29, 1.82) is 5.26 Å². The van der Waals surface area contributed by atoms with Crippen LogP contribution in [0.2, 0.25) is 0 Å². The van der Waals surface area contributed by atoms with Gasteiger partial charge in [0, 0.05) is 0 Å². The summed E-state index contributed by atoms with van der Waals surface area (Å²) in [4.78, 5) is 0. The second kappa shape index (κ2) is 3.91. The van der Waals surface area contributed by atoms with Crippen molar-refractivity contribution in [3.63, 3.8) is 0 Å². The van der Waals surface area contributed by atoms with Gasteiger partial charge in [0.05, 0.1) is 11.6 Å². The van der Waals surface area contributed by atoms with E-state index in [0.29, 0.717) is 5.56 Å². The maximum Gasteiger partial charge on any atom is 0.124 e. The molecular formula is C9H10NOPS. The van der Waals surface area contributed by atoms with Gasteiger partial charge in [-0.2, -0.15) is 5.26 Å². The summed E-state index contributed by atoms with van der Waals surface area (Å²) in [7, 11) is 0. The molecule has 0 heterocycles. The summed E-state index contributed by atoms with van der Waals surface area (Å²) in [5, 5.41) is 8.56. The molecule has 0 bridgehead atoms. The lowest BCUT2D eigenvalue weighted by Crippen LogP contribution is -1.87. The van der Waals surface area contributed by atoms with Gasteiger partial charge in [-0.3, -0.25) is 0 Å². The highest BCUT2D eigenvalue weighted by molar-refractivity contribution is 8.11. The van der Waals surface area contributed by atoms with Crippen LogP contribution in [0, 0.1) is 11.3 Å². The molecule has 0 aliphatic heterocycles. The number of rotatable bonds is 2. The van der Waals surface area contributed by atoms with Gasteiger partial charge in [0.15, 0.2) is 0 Å². The highest BCUT2D eigenvalue weighted by atomic mass is 32.4. The molecule has 0 spiro atoms. The van der Waals surface area contributed by atoms with E-state index >= 15 is 0 Å². The molecule has 1 rings (SSSR count). The van der Waals surface area contributed by atoms with Gasteiger partial charge >= 0.3 is 0 Å². The Balaban J connectivity index is 2.83. The minimum atomic E-state index is -1.66. The number of benzene rings is 1. The number of nitrogens with zero attached hydrogens (tertiary/aromatic N) is 1. The van der Waals surface area contributed by atoms with E-state index in [2.05, 4.69) is 0 Å². The van der Waals surface area contributed by atoms with Crippen LogP contribution in [-0.2, 0) is 11.8 Å². The first kappa shape index (κ1) is 10.2. The lowest BCUT2D eigenvalue weighted by molar-refractivity contribution is 0.621. The van der Waals surface area contributed by atoms with E-state index in [1.807, 2.05) is 19.4 Å². The second-order valence-electron chi connectivity index (χ2n) is 2.98. The zero-order valence-electron chi connectivity index (χ0n) is 7.52. The van der Waals surface area contributed by atoms with E-state index in [1.165, 1.54) is 0 Å². The molecule has 0 saturated heterocycles. The quantitative estimate of drug-likeness (QED) is 0.705. The second-order valence-corrected chi connectivity index (χ2v) is 8.30. The zero-order chi connectivity index (χ0) is 9.90. The first-order valence-corrected chi connectivity index (χ1v) is 7.37. The van der Waals surface area contributed by atoms with Crippen molar-refractivity contribution in [3.8, 4) is 11.8 Å². The SMILES string of the molecule is CP(C)(=S)Oc1ccc(C#N)cc1. The molecule has 2 nitrogen and oxygen atoms in total. The van der Waals surface area contributed by atoms with Crippen LogP contribution in [0.15, 0.2) is 24.3 Å². The summed E-state index contributed by atoms with van der Waals surface area (Å²) in [6.45, 7) is 3.83. The predicted octanol–water partition coefficient (Wildman–Crippen LogP) is 2.59. The van der Waals surface area contributed by atoms with Crippen LogP contribution >= 0.6 is 6.26 Å². The van der Waals surface area contributed by atoms with Crippen LogP contribution in [0.4, 0.5) is 0 Å². The van der Waals surface area contributed by atoms with Crippen molar-refractivity contribution in [3.05, 3.63) is 29.8 Å². The van der Waals surface area contributed by atoms with Gasteiger partial charge in [-0.1, -0.05) is 11.8 Å². The summed E-state index contributed by atoms with van der Waals surface area (Å²) >= 11 is 5.15. The molecule has 0 fully saturated rings. The predicted molar refractivity (Wildman–Crippen MR) is 57.9 cm³/mol. The Morgan fingerprint density at radius 3 is 2.23 bits per heavy atom. The average molecular weight is 211 g/mol. The first-order valence-electron chi connectivity index (χ1n) is 3.76. The number of hydrogen-bond donors (Lipinski definition) is 0. The molecule has 0 aliphatic rings. The third kappa shape index (κ3) is 3.59. The topological polar surface area (TPSA) is 33.0 Å². The van der Waals surface area contributed by atoms with Gasteiger partial charge in [0.25, 0.3) is 0 Å². The maximum atomic E-state index is 8.56. The Morgan fingerprint density at radius 2 is 1.85 bits per heavy atom. The summed E-state index contributed by atoms with van der Waals surface area (Å²) in [5.41, 5.74) is 0.632. The molecule has 0 aliphatic carbocycles.